The highest BCUT2D eigenvalue weighted by Gasteiger charge is 2.32. The Labute approximate surface area is 121 Å². The summed E-state index contributed by atoms with van der Waals surface area (Å²) in [6, 6.07) is -0.181. The average Bonchev–Trinajstić information content (AvgIpc) is 2.95. The van der Waals surface area contributed by atoms with Gasteiger partial charge in [0.15, 0.2) is 4.47 Å². The number of rotatable bonds is 4. The van der Waals surface area contributed by atoms with E-state index in [2.05, 4.69) is 15.1 Å². The summed E-state index contributed by atoms with van der Waals surface area (Å²) in [6.45, 7) is 6.00. The second-order valence-electron chi connectivity index (χ2n) is 5.54. The van der Waals surface area contributed by atoms with Gasteiger partial charge in [-0.15, -0.1) is 11.3 Å². The fraction of sp³-hybridized carbons (Fsp3) is 0.583. The van der Waals surface area contributed by atoms with Crippen molar-refractivity contribution < 1.29 is 5.11 Å². The fourth-order valence-electron chi connectivity index (χ4n) is 1.90. The summed E-state index contributed by atoms with van der Waals surface area (Å²) in [4.78, 5) is 9.01. The maximum Gasteiger partial charge on any atom is 0.183 e. The Hall–Kier alpha value is -0.980. The van der Waals surface area contributed by atoms with Crippen molar-refractivity contribution >= 4 is 22.9 Å². The van der Waals surface area contributed by atoms with Gasteiger partial charge in [-0.05, 0) is 5.41 Å². The van der Waals surface area contributed by atoms with Crippen molar-refractivity contribution in [1.29, 1.82) is 0 Å². The minimum Gasteiger partial charge on any atom is -0.390 e. The Kier molecular flexibility index (Phi) is 4.23. The van der Waals surface area contributed by atoms with Crippen molar-refractivity contribution in [3.8, 4) is 0 Å². The summed E-state index contributed by atoms with van der Waals surface area (Å²) in [5.41, 5.74) is -0.245. The smallest absolute Gasteiger partial charge is 0.183 e. The molecule has 0 aliphatic carbocycles. The van der Waals surface area contributed by atoms with E-state index in [1.807, 2.05) is 20.8 Å². The van der Waals surface area contributed by atoms with E-state index in [-0.39, 0.29) is 11.5 Å². The first-order valence-corrected chi connectivity index (χ1v) is 7.20. The Bertz CT molecular complexity index is 520. The maximum absolute atomic E-state index is 10.5. The Morgan fingerprint density at radius 1 is 1.47 bits per heavy atom. The highest BCUT2D eigenvalue weighted by Crippen LogP contribution is 2.32. The second kappa shape index (κ2) is 5.56. The maximum atomic E-state index is 10.5. The number of aromatic nitrogens is 4. The summed E-state index contributed by atoms with van der Waals surface area (Å²) < 4.78 is 2.21. The predicted octanol–water partition coefficient (Wildman–Crippen LogP) is 2.58. The molecule has 0 spiro atoms. The molecule has 0 aliphatic heterocycles. The lowest BCUT2D eigenvalue weighted by Crippen LogP contribution is -2.36. The van der Waals surface area contributed by atoms with Gasteiger partial charge >= 0.3 is 0 Å². The van der Waals surface area contributed by atoms with Crippen LogP contribution in [0.1, 0.15) is 31.7 Å². The molecule has 5 nitrogen and oxygen atoms in total. The molecule has 0 aliphatic rings. The second-order valence-corrected chi connectivity index (χ2v) is 7.23. The normalized spacial score (nSPS) is 15.4. The molecule has 19 heavy (non-hydrogen) atoms. The van der Waals surface area contributed by atoms with Crippen LogP contribution in [0.3, 0.4) is 0 Å². The van der Waals surface area contributed by atoms with E-state index in [4.69, 9.17) is 11.6 Å². The zero-order valence-electron chi connectivity index (χ0n) is 11.1. The standard InChI is InChI=1S/C12H17ClN4OS/c1-12(2,3)10(18)9(17-7-14-6-16-17)4-8-5-15-11(13)19-8/h5-7,9-10,18H,4H2,1-3H3. The monoisotopic (exact) mass is 300 g/mol. The summed E-state index contributed by atoms with van der Waals surface area (Å²) >= 11 is 7.27. The van der Waals surface area contributed by atoms with Gasteiger partial charge in [-0.2, -0.15) is 5.10 Å². The highest BCUT2D eigenvalue weighted by atomic mass is 35.5. The Morgan fingerprint density at radius 3 is 2.68 bits per heavy atom. The first kappa shape index (κ1) is 14.4. The molecule has 0 saturated carbocycles. The Morgan fingerprint density at radius 2 is 2.21 bits per heavy atom. The zero-order chi connectivity index (χ0) is 14.0. The predicted molar refractivity (Wildman–Crippen MR) is 75.3 cm³/mol. The topological polar surface area (TPSA) is 63.8 Å². The molecule has 2 rings (SSSR count). The molecule has 0 aromatic carbocycles. The van der Waals surface area contributed by atoms with Gasteiger partial charge in [0, 0.05) is 17.5 Å². The van der Waals surface area contributed by atoms with Gasteiger partial charge in [0.2, 0.25) is 0 Å². The fourth-order valence-corrected chi connectivity index (χ4v) is 2.93. The van der Waals surface area contributed by atoms with E-state index in [1.165, 1.54) is 17.7 Å². The van der Waals surface area contributed by atoms with Crippen molar-refractivity contribution in [1.82, 2.24) is 19.7 Å². The molecule has 0 amide bonds. The van der Waals surface area contributed by atoms with Gasteiger partial charge in [-0.3, -0.25) is 0 Å². The SMILES string of the molecule is CC(C)(C)C(O)C(Cc1cnc(Cl)s1)n1cncn1. The quantitative estimate of drug-likeness (QED) is 0.942. The molecule has 0 bridgehead atoms. The van der Waals surface area contributed by atoms with E-state index in [9.17, 15) is 5.11 Å². The zero-order valence-corrected chi connectivity index (χ0v) is 12.7. The van der Waals surface area contributed by atoms with Crippen LogP contribution in [0.25, 0.3) is 0 Å². The first-order valence-electron chi connectivity index (χ1n) is 6.00. The molecule has 7 heteroatoms. The summed E-state index contributed by atoms with van der Waals surface area (Å²) in [5, 5.41) is 14.7. The van der Waals surface area contributed by atoms with Crippen LogP contribution in [0.15, 0.2) is 18.9 Å². The van der Waals surface area contributed by atoms with Crippen molar-refractivity contribution in [2.45, 2.75) is 39.3 Å². The minimum atomic E-state index is -0.546. The van der Waals surface area contributed by atoms with Crippen molar-refractivity contribution in [3.63, 3.8) is 0 Å². The third-order valence-corrected chi connectivity index (χ3v) is 4.10. The molecule has 2 unspecified atom stereocenters. The molecule has 104 valence electrons. The molecule has 2 aromatic rings. The lowest BCUT2D eigenvalue weighted by molar-refractivity contribution is 0.0127. The summed E-state index contributed by atoms with van der Waals surface area (Å²) in [6.07, 6.45) is 4.93. The minimum absolute atomic E-state index is 0.181. The van der Waals surface area contributed by atoms with E-state index >= 15 is 0 Å². The van der Waals surface area contributed by atoms with Crippen molar-refractivity contribution in [2.75, 3.05) is 0 Å². The number of halogens is 1. The number of hydrogen-bond donors (Lipinski definition) is 1. The van der Waals surface area contributed by atoms with Gasteiger partial charge in [-0.1, -0.05) is 32.4 Å². The Balaban J connectivity index is 2.25. The molecule has 2 atom stereocenters. The number of thiazole rings is 1. The molecular weight excluding hydrogens is 284 g/mol. The van der Waals surface area contributed by atoms with Crippen LogP contribution in [0.4, 0.5) is 0 Å². The van der Waals surface area contributed by atoms with Crippen LogP contribution in [0, 0.1) is 5.41 Å². The molecule has 2 heterocycles. The number of hydrogen-bond acceptors (Lipinski definition) is 5. The molecule has 2 aromatic heterocycles. The molecule has 0 radical (unpaired) electrons. The van der Waals surface area contributed by atoms with Crippen LogP contribution >= 0.6 is 22.9 Å². The summed E-state index contributed by atoms with van der Waals surface area (Å²) in [7, 11) is 0. The van der Waals surface area contributed by atoms with Crippen LogP contribution in [-0.4, -0.2) is 31.0 Å². The average molecular weight is 301 g/mol. The highest BCUT2D eigenvalue weighted by molar-refractivity contribution is 7.15. The van der Waals surface area contributed by atoms with Gasteiger partial charge in [0.05, 0.1) is 12.1 Å². The number of nitrogens with zero attached hydrogens (tertiary/aromatic N) is 4. The van der Waals surface area contributed by atoms with Crippen LogP contribution in [0.2, 0.25) is 4.47 Å². The largest absolute Gasteiger partial charge is 0.390 e. The third kappa shape index (κ3) is 3.52. The van der Waals surface area contributed by atoms with Crippen LogP contribution < -0.4 is 0 Å². The van der Waals surface area contributed by atoms with Crippen molar-refractivity contribution in [3.05, 3.63) is 28.2 Å². The van der Waals surface area contributed by atoms with Gasteiger partial charge < -0.3 is 5.11 Å². The number of aliphatic hydroxyl groups is 1. The van der Waals surface area contributed by atoms with E-state index in [0.717, 1.165) is 4.88 Å². The first-order chi connectivity index (χ1) is 8.88. The van der Waals surface area contributed by atoms with Gasteiger partial charge in [0.25, 0.3) is 0 Å². The molecule has 1 N–H and O–H groups in total. The number of aliphatic hydroxyl groups excluding tert-OH is 1. The van der Waals surface area contributed by atoms with Gasteiger partial charge in [0.1, 0.15) is 12.7 Å². The molecular formula is C12H17ClN4OS. The van der Waals surface area contributed by atoms with Crippen molar-refractivity contribution in [2.24, 2.45) is 5.41 Å². The van der Waals surface area contributed by atoms with Crippen LogP contribution in [0.5, 0.6) is 0 Å². The third-order valence-electron chi connectivity index (χ3n) is 2.96. The van der Waals surface area contributed by atoms with Crippen LogP contribution in [-0.2, 0) is 6.42 Å². The molecule has 0 saturated heterocycles. The van der Waals surface area contributed by atoms with E-state index in [0.29, 0.717) is 10.9 Å². The lowest BCUT2D eigenvalue weighted by Gasteiger charge is -2.32. The summed E-state index contributed by atoms with van der Waals surface area (Å²) in [5.74, 6) is 0. The van der Waals surface area contributed by atoms with E-state index < -0.39 is 6.10 Å². The van der Waals surface area contributed by atoms with E-state index in [1.54, 1.807) is 17.2 Å². The lowest BCUT2D eigenvalue weighted by atomic mass is 9.83. The molecule has 0 fully saturated rings. The van der Waals surface area contributed by atoms with Gasteiger partial charge in [-0.25, -0.2) is 14.6 Å².